The van der Waals surface area contributed by atoms with Gasteiger partial charge in [-0.15, -0.1) is 23.5 Å². The minimum absolute atomic E-state index is 0.0185. The van der Waals surface area contributed by atoms with E-state index in [4.69, 9.17) is 4.74 Å². The Morgan fingerprint density at radius 3 is 2.35 bits per heavy atom. The Morgan fingerprint density at radius 1 is 1.00 bits per heavy atom. The van der Waals surface area contributed by atoms with Crippen molar-refractivity contribution < 1.29 is 19.1 Å². The SMILES string of the molecule is CSc1ccccc1NC(=O)COC(=O)c1ccccc1SCC(C)=O. The van der Waals surface area contributed by atoms with Crippen LogP contribution >= 0.6 is 23.5 Å². The van der Waals surface area contributed by atoms with Crippen molar-refractivity contribution >= 4 is 46.9 Å². The van der Waals surface area contributed by atoms with Gasteiger partial charge in [-0.1, -0.05) is 24.3 Å². The first-order chi connectivity index (χ1) is 12.5. The number of thioether (sulfide) groups is 2. The summed E-state index contributed by atoms with van der Waals surface area (Å²) >= 11 is 2.79. The molecule has 5 nitrogen and oxygen atoms in total. The molecule has 0 bridgehead atoms. The fraction of sp³-hybridized carbons (Fsp3) is 0.211. The second-order valence-electron chi connectivity index (χ2n) is 5.31. The molecule has 2 aromatic carbocycles. The number of ether oxygens (including phenoxy) is 1. The lowest BCUT2D eigenvalue weighted by molar-refractivity contribution is -0.119. The lowest BCUT2D eigenvalue weighted by atomic mass is 10.2. The fourth-order valence-electron chi connectivity index (χ4n) is 2.08. The molecule has 0 aliphatic heterocycles. The van der Waals surface area contributed by atoms with Crippen LogP contribution in [0.4, 0.5) is 5.69 Å². The molecule has 2 rings (SSSR count). The van der Waals surface area contributed by atoms with Gasteiger partial charge in [0.15, 0.2) is 6.61 Å². The average molecular weight is 389 g/mol. The van der Waals surface area contributed by atoms with Crippen molar-refractivity contribution in [3.8, 4) is 0 Å². The summed E-state index contributed by atoms with van der Waals surface area (Å²) in [5.74, 6) is -0.709. The molecule has 0 unspecified atom stereocenters. The number of rotatable bonds is 8. The van der Waals surface area contributed by atoms with Crippen LogP contribution in [0.5, 0.6) is 0 Å². The van der Waals surface area contributed by atoms with E-state index in [1.165, 1.54) is 30.4 Å². The Bertz CT molecular complexity index is 808. The zero-order chi connectivity index (χ0) is 18.9. The Hall–Kier alpha value is -2.25. The second-order valence-corrected chi connectivity index (χ2v) is 7.18. The highest BCUT2D eigenvalue weighted by Crippen LogP contribution is 2.25. The normalized spacial score (nSPS) is 10.2. The summed E-state index contributed by atoms with van der Waals surface area (Å²) in [6.07, 6.45) is 1.92. The van der Waals surface area contributed by atoms with E-state index in [-0.39, 0.29) is 18.1 Å². The summed E-state index contributed by atoms with van der Waals surface area (Å²) in [4.78, 5) is 37.1. The first kappa shape index (κ1) is 20.1. The third kappa shape index (κ3) is 5.93. The van der Waals surface area contributed by atoms with Crippen LogP contribution < -0.4 is 5.32 Å². The molecular formula is C19H19NO4S2. The first-order valence-electron chi connectivity index (χ1n) is 7.82. The summed E-state index contributed by atoms with van der Waals surface area (Å²) in [6, 6.07) is 14.3. The van der Waals surface area contributed by atoms with Crippen LogP contribution in [0.15, 0.2) is 58.3 Å². The number of Topliss-reactive ketones (excluding diaryl/α,β-unsaturated/α-hetero) is 1. The Labute approximate surface area is 160 Å². The summed E-state index contributed by atoms with van der Waals surface area (Å²) in [5.41, 5.74) is 1.02. The third-order valence-corrected chi connectivity index (χ3v) is 5.27. The maximum absolute atomic E-state index is 12.3. The van der Waals surface area contributed by atoms with Gasteiger partial charge >= 0.3 is 5.97 Å². The van der Waals surface area contributed by atoms with E-state index in [1.807, 2.05) is 24.5 Å². The Morgan fingerprint density at radius 2 is 1.65 bits per heavy atom. The maximum atomic E-state index is 12.3. The van der Waals surface area contributed by atoms with Gasteiger partial charge in [0.1, 0.15) is 5.78 Å². The molecule has 0 aliphatic carbocycles. The zero-order valence-electron chi connectivity index (χ0n) is 14.5. The van der Waals surface area contributed by atoms with Crippen molar-refractivity contribution in [3.63, 3.8) is 0 Å². The highest BCUT2D eigenvalue weighted by molar-refractivity contribution is 8.00. The molecule has 0 aliphatic rings. The summed E-state index contributed by atoms with van der Waals surface area (Å²) in [6.45, 7) is 1.11. The summed E-state index contributed by atoms with van der Waals surface area (Å²) in [7, 11) is 0. The molecule has 1 amide bonds. The molecule has 0 saturated carbocycles. The van der Waals surface area contributed by atoms with E-state index in [1.54, 1.807) is 30.3 Å². The zero-order valence-corrected chi connectivity index (χ0v) is 16.1. The van der Waals surface area contributed by atoms with Gasteiger partial charge < -0.3 is 10.1 Å². The van der Waals surface area contributed by atoms with E-state index in [0.29, 0.717) is 16.1 Å². The number of hydrogen-bond donors (Lipinski definition) is 1. The number of nitrogens with one attached hydrogen (secondary N) is 1. The van der Waals surface area contributed by atoms with Gasteiger partial charge in [-0.25, -0.2) is 4.79 Å². The predicted molar refractivity (Wildman–Crippen MR) is 105 cm³/mol. The van der Waals surface area contributed by atoms with Gasteiger partial charge in [-0.05, 0) is 37.4 Å². The third-order valence-electron chi connectivity index (χ3n) is 3.25. The molecule has 2 aromatic rings. The van der Waals surface area contributed by atoms with Crippen LogP contribution in [0.2, 0.25) is 0 Å². The monoisotopic (exact) mass is 389 g/mol. The van der Waals surface area contributed by atoms with Crippen molar-refractivity contribution in [2.24, 2.45) is 0 Å². The highest BCUT2D eigenvalue weighted by atomic mass is 32.2. The molecule has 0 heterocycles. The molecule has 136 valence electrons. The van der Waals surface area contributed by atoms with Gasteiger partial charge in [-0.2, -0.15) is 0 Å². The number of anilines is 1. The van der Waals surface area contributed by atoms with E-state index < -0.39 is 11.9 Å². The molecule has 0 atom stereocenters. The number of hydrogen-bond acceptors (Lipinski definition) is 6. The molecule has 26 heavy (non-hydrogen) atoms. The van der Waals surface area contributed by atoms with E-state index in [9.17, 15) is 14.4 Å². The standard InChI is InChI=1S/C19H19NO4S2/c1-13(21)12-26-16-9-5-3-7-14(16)19(23)24-11-18(22)20-15-8-4-6-10-17(15)25-2/h3-10H,11-12H2,1-2H3,(H,20,22). The summed E-state index contributed by atoms with van der Waals surface area (Å²) in [5, 5.41) is 2.74. The lowest BCUT2D eigenvalue weighted by Gasteiger charge is -2.11. The smallest absolute Gasteiger partial charge is 0.339 e. The minimum Gasteiger partial charge on any atom is -0.452 e. The van der Waals surface area contributed by atoms with Gasteiger partial charge in [0.2, 0.25) is 0 Å². The van der Waals surface area contributed by atoms with Crippen LogP contribution in [0.1, 0.15) is 17.3 Å². The molecule has 0 spiro atoms. The van der Waals surface area contributed by atoms with Crippen molar-refractivity contribution in [3.05, 3.63) is 54.1 Å². The molecule has 1 N–H and O–H groups in total. The van der Waals surface area contributed by atoms with Crippen LogP contribution in [-0.4, -0.2) is 36.3 Å². The minimum atomic E-state index is -0.593. The van der Waals surface area contributed by atoms with E-state index in [0.717, 1.165) is 4.90 Å². The van der Waals surface area contributed by atoms with Gasteiger partial charge in [0.25, 0.3) is 5.91 Å². The number of carbonyl (C=O) groups is 3. The first-order valence-corrected chi connectivity index (χ1v) is 10.0. The Balaban J connectivity index is 1.96. The van der Waals surface area contributed by atoms with Gasteiger partial charge in [0.05, 0.1) is 17.0 Å². The van der Waals surface area contributed by atoms with Crippen molar-refractivity contribution in [1.29, 1.82) is 0 Å². The quantitative estimate of drug-likeness (QED) is 0.546. The summed E-state index contributed by atoms with van der Waals surface area (Å²) < 4.78 is 5.13. The maximum Gasteiger partial charge on any atom is 0.339 e. The highest BCUT2D eigenvalue weighted by Gasteiger charge is 2.15. The molecule has 7 heteroatoms. The van der Waals surface area contributed by atoms with Crippen LogP contribution in [-0.2, 0) is 14.3 Å². The molecule has 0 fully saturated rings. The number of amides is 1. The van der Waals surface area contributed by atoms with Gasteiger partial charge in [0, 0.05) is 9.79 Å². The largest absolute Gasteiger partial charge is 0.452 e. The van der Waals surface area contributed by atoms with Crippen molar-refractivity contribution in [2.75, 3.05) is 23.9 Å². The molecule has 0 radical (unpaired) electrons. The topological polar surface area (TPSA) is 72.5 Å². The average Bonchev–Trinajstić information content (AvgIpc) is 2.65. The van der Waals surface area contributed by atoms with E-state index >= 15 is 0 Å². The molecule has 0 aromatic heterocycles. The van der Waals surface area contributed by atoms with Crippen molar-refractivity contribution in [2.45, 2.75) is 16.7 Å². The number of para-hydroxylation sites is 1. The molecule has 0 saturated heterocycles. The molecular weight excluding hydrogens is 370 g/mol. The Kier molecular flexibility index (Phi) is 7.74. The second kappa shape index (κ2) is 10.0. The fourth-order valence-corrected chi connectivity index (χ4v) is 3.48. The number of benzene rings is 2. The number of carbonyl (C=O) groups excluding carboxylic acids is 3. The lowest BCUT2D eigenvalue weighted by Crippen LogP contribution is -2.21. The predicted octanol–water partition coefficient (Wildman–Crippen LogP) is 3.89. The van der Waals surface area contributed by atoms with Crippen LogP contribution in [0.25, 0.3) is 0 Å². The van der Waals surface area contributed by atoms with Crippen LogP contribution in [0, 0.1) is 0 Å². The van der Waals surface area contributed by atoms with Crippen molar-refractivity contribution in [1.82, 2.24) is 0 Å². The van der Waals surface area contributed by atoms with Gasteiger partial charge in [-0.3, -0.25) is 9.59 Å². The van der Waals surface area contributed by atoms with Crippen LogP contribution in [0.3, 0.4) is 0 Å². The van der Waals surface area contributed by atoms with E-state index in [2.05, 4.69) is 5.32 Å². The number of esters is 1. The number of ketones is 1.